The summed E-state index contributed by atoms with van der Waals surface area (Å²) in [6.45, 7) is -0.0777. The normalized spacial score (nSPS) is 11.0. The molecule has 2 aromatic rings. The first-order chi connectivity index (χ1) is 12.2. The van der Waals surface area contributed by atoms with Crippen molar-refractivity contribution in [3.63, 3.8) is 0 Å². The van der Waals surface area contributed by atoms with Crippen LogP contribution in [0.1, 0.15) is 11.1 Å². The molecule has 0 aliphatic carbocycles. The van der Waals surface area contributed by atoms with Gasteiger partial charge in [-0.3, -0.25) is 0 Å². The number of methoxy groups -OCH3 is 2. The first kappa shape index (κ1) is 18.3. The quantitative estimate of drug-likeness (QED) is 0.476. The van der Waals surface area contributed by atoms with Gasteiger partial charge in [0, 0.05) is 6.08 Å². The number of hydrogen-bond donors (Lipinski definition) is 1. The Balaban J connectivity index is 2.23. The van der Waals surface area contributed by atoms with E-state index in [4.69, 9.17) is 19.3 Å². The molecule has 0 radical (unpaired) electrons. The molecule has 2 aromatic carbocycles. The Morgan fingerprint density at radius 3 is 2.20 bits per heavy atom. The van der Waals surface area contributed by atoms with E-state index in [1.54, 1.807) is 30.4 Å². The molecule has 130 valence electrons. The maximum Gasteiger partial charge on any atom is 0.336 e. The van der Waals surface area contributed by atoms with Crippen molar-refractivity contribution >= 4 is 18.1 Å². The second kappa shape index (κ2) is 9.30. The summed E-state index contributed by atoms with van der Waals surface area (Å²) in [4.78, 5) is 12.1. The molecule has 0 heterocycles. The van der Waals surface area contributed by atoms with Crippen LogP contribution in [0.5, 0.6) is 17.2 Å². The van der Waals surface area contributed by atoms with Crippen molar-refractivity contribution in [2.24, 2.45) is 0 Å². The third-order valence-corrected chi connectivity index (χ3v) is 3.31. The Bertz CT molecular complexity index is 738. The molecule has 0 saturated heterocycles. The first-order valence-electron chi connectivity index (χ1n) is 7.66. The van der Waals surface area contributed by atoms with E-state index in [9.17, 15) is 4.79 Å². The highest BCUT2D eigenvalue weighted by Crippen LogP contribution is 2.39. The van der Waals surface area contributed by atoms with E-state index in [0.29, 0.717) is 11.5 Å². The molecule has 2 rings (SSSR count). The van der Waals surface area contributed by atoms with E-state index in [-0.39, 0.29) is 12.4 Å². The third kappa shape index (κ3) is 5.22. The lowest BCUT2D eigenvalue weighted by Gasteiger charge is -2.13. The molecule has 25 heavy (non-hydrogen) atoms. The van der Waals surface area contributed by atoms with Gasteiger partial charge in [0.1, 0.15) is 0 Å². The zero-order valence-electron chi connectivity index (χ0n) is 14.1. The van der Waals surface area contributed by atoms with Crippen LogP contribution in [0.25, 0.3) is 12.2 Å². The molecule has 5 nitrogen and oxygen atoms in total. The largest absolute Gasteiger partial charge is 0.493 e. The maximum absolute atomic E-state index is 12.1. The van der Waals surface area contributed by atoms with Crippen molar-refractivity contribution < 1.29 is 24.1 Å². The number of aliphatic hydroxyl groups is 1. The number of esters is 1. The molecule has 0 saturated carbocycles. The van der Waals surface area contributed by atoms with E-state index in [0.717, 1.165) is 11.1 Å². The minimum Gasteiger partial charge on any atom is -0.493 e. The van der Waals surface area contributed by atoms with Gasteiger partial charge in [0.05, 0.1) is 20.8 Å². The summed E-state index contributed by atoms with van der Waals surface area (Å²) in [6.07, 6.45) is 6.31. The SMILES string of the molecule is COc1cc(C=CCO)cc(OC)c1OC(=O)C=Cc1ccccc1. The van der Waals surface area contributed by atoms with Gasteiger partial charge in [0.25, 0.3) is 0 Å². The van der Waals surface area contributed by atoms with Crippen LogP contribution in [-0.2, 0) is 4.79 Å². The number of benzene rings is 2. The Morgan fingerprint density at radius 2 is 1.64 bits per heavy atom. The number of rotatable bonds is 7. The number of aliphatic hydroxyl groups excluding tert-OH is 1. The van der Waals surface area contributed by atoms with Crippen LogP contribution in [0.15, 0.2) is 54.6 Å². The lowest BCUT2D eigenvalue weighted by Crippen LogP contribution is -2.06. The lowest BCUT2D eigenvalue weighted by molar-refractivity contribution is -0.129. The average molecular weight is 340 g/mol. The second-order valence-electron chi connectivity index (χ2n) is 5.00. The predicted molar refractivity (Wildman–Crippen MR) is 96.8 cm³/mol. The van der Waals surface area contributed by atoms with E-state index in [2.05, 4.69) is 0 Å². The molecule has 0 aliphatic heterocycles. The van der Waals surface area contributed by atoms with Gasteiger partial charge in [-0.2, -0.15) is 0 Å². The van der Waals surface area contributed by atoms with Gasteiger partial charge in [-0.25, -0.2) is 4.79 Å². The smallest absolute Gasteiger partial charge is 0.336 e. The van der Waals surface area contributed by atoms with Crippen molar-refractivity contribution in [2.45, 2.75) is 0 Å². The second-order valence-corrected chi connectivity index (χ2v) is 5.00. The Labute approximate surface area is 146 Å². The van der Waals surface area contributed by atoms with Crippen molar-refractivity contribution in [3.8, 4) is 17.2 Å². The molecular weight excluding hydrogens is 320 g/mol. The van der Waals surface area contributed by atoms with Crippen molar-refractivity contribution in [2.75, 3.05) is 20.8 Å². The summed E-state index contributed by atoms with van der Waals surface area (Å²) in [5.74, 6) is 0.379. The Kier molecular flexibility index (Phi) is 6.80. The Morgan fingerprint density at radius 1 is 1.00 bits per heavy atom. The van der Waals surface area contributed by atoms with Crippen LogP contribution < -0.4 is 14.2 Å². The van der Waals surface area contributed by atoms with Crippen LogP contribution >= 0.6 is 0 Å². The topological polar surface area (TPSA) is 65.0 Å². The van der Waals surface area contributed by atoms with E-state index >= 15 is 0 Å². The number of hydrogen-bond acceptors (Lipinski definition) is 5. The fourth-order valence-corrected chi connectivity index (χ4v) is 2.15. The summed E-state index contributed by atoms with van der Waals surface area (Å²) in [7, 11) is 2.96. The summed E-state index contributed by atoms with van der Waals surface area (Å²) in [5.41, 5.74) is 1.64. The van der Waals surface area contributed by atoms with Crippen LogP contribution in [-0.4, -0.2) is 31.9 Å². The van der Waals surface area contributed by atoms with E-state index in [1.165, 1.54) is 20.3 Å². The van der Waals surface area contributed by atoms with Crippen LogP contribution in [0.3, 0.4) is 0 Å². The standard InChI is InChI=1S/C20H20O5/c1-23-17-13-16(9-6-12-21)14-18(24-2)20(17)25-19(22)11-10-15-7-4-3-5-8-15/h3-11,13-14,21H,12H2,1-2H3. The van der Waals surface area contributed by atoms with Gasteiger partial charge in [-0.1, -0.05) is 42.5 Å². The summed E-state index contributed by atoms with van der Waals surface area (Å²) in [6, 6.07) is 12.8. The number of carbonyl (C=O) groups excluding carboxylic acids is 1. The summed E-state index contributed by atoms with van der Waals surface area (Å²) >= 11 is 0. The minimum atomic E-state index is -0.542. The predicted octanol–water partition coefficient (Wildman–Crippen LogP) is 3.33. The molecule has 0 aromatic heterocycles. The van der Waals surface area contributed by atoms with E-state index < -0.39 is 5.97 Å². The van der Waals surface area contributed by atoms with Crippen molar-refractivity contribution in [1.82, 2.24) is 0 Å². The molecular formula is C20H20O5. The summed E-state index contributed by atoms with van der Waals surface area (Å²) < 4.78 is 16.0. The Hall–Kier alpha value is -3.05. The molecule has 0 aliphatic rings. The third-order valence-electron chi connectivity index (χ3n) is 3.31. The fourth-order valence-electron chi connectivity index (χ4n) is 2.15. The highest BCUT2D eigenvalue weighted by molar-refractivity contribution is 5.89. The number of ether oxygens (including phenoxy) is 3. The molecule has 0 unspecified atom stereocenters. The molecule has 5 heteroatoms. The van der Waals surface area contributed by atoms with Crippen LogP contribution in [0.4, 0.5) is 0 Å². The number of carbonyl (C=O) groups is 1. The zero-order valence-corrected chi connectivity index (χ0v) is 14.1. The van der Waals surface area contributed by atoms with Gasteiger partial charge in [-0.05, 0) is 29.3 Å². The van der Waals surface area contributed by atoms with Crippen molar-refractivity contribution in [1.29, 1.82) is 0 Å². The van der Waals surface area contributed by atoms with Gasteiger partial charge < -0.3 is 19.3 Å². The minimum absolute atomic E-state index is 0.0777. The lowest BCUT2D eigenvalue weighted by atomic mass is 10.1. The van der Waals surface area contributed by atoms with Crippen molar-refractivity contribution in [3.05, 3.63) is 65.7 Å². The zero-order chi connectivity index (χ0) is 18.1. The van der Waals surface area contributed by atoms with Gasteiger partial charge >= 0.3 is 5.97 Å². The molecule has 0 atom stereocenters. The van der Waals surface area contributed by atoms with Gasteiger partial charge in [0.2, 0.25) is 5.75 Å². The molecule has 1 N–H and O–H groups in total. The van der Waals surface area contributed by atoms with Gasteiger partial charge in [-0.15, -0.1) is 0 Å². The summed E-state index contributed by atoms with van der Waals surface area (Å²) in [5, 5.41) is 8.88. The molecule has 0 amide bonds. The van der Waals surface area contributed by atoms with Gasteiger partial charge in [0.15, 0.2) is 11.5 Å². The highest BCUT2D eigenvalue weighted by Gasteiger charge is 2.16. The van der Waals surface area contributed by atoms with Crippen LogP contribution in [0.2, 0.25) is 0 Å². The first-order valence-corrected chi connectivity index (χ1v) is 7.66. The molecule has 0 bridgehead atoms. The average Bonchev–Trinajstić information content (AvgIpc) is 2.66. The molecule has 0 spiro atoms. The maximum atomic E-state index is 12.1. The fraction of sp³-hybridized carbons (Fsp3) is 0.150. The molecule has 0 fully saturated rings. The highest BCUT2D eigenvalue weighted by atomic mass is 16.6. The van der Waals surface area contributed by atoms with Crippen LogP contribution in [0, 0.1) is 0 Å². The van der Waals surface area contributed by atoms with E-state index in [1.807, 2.05) is 30.3 Å². The monoisotopic (exact) mass is 340 g/mol.